The van der Waals surface area contributed by atoms with Crippen molar-refractivity contribution >= 4 is 17.4 Å². The van der Waals surface area contributed by atoms with Gasteiger partial charge in [-0.2, -0.15) is 0 Å². The van der Waals surface area contributed by atoms with Crippen LogP contribution in [0.5, 0.6) is 0 Å². The van der Waals surface area contributed by atoms with Crippen molar-refractivity contribution in [3.05, 3.63) is 11.5 Å². The average molecular weight is 306 g/mol. The fourth-order valence-corrected chi connectivity index (χ4v) is 2.78. The zero-order valence-electron chi connectivity index (χ0n) is 14.1. The third-order valence-electron chi connectivity index (χ3n) is 3.74. The molecular formula is C16H26N4O2. The van der Waals surface area contributed by atoms with Crippen molar-refractivity contribution in [2.75, 3.05) is 30.0 Å². The molecule has 6 heteroatoms. The second-order valence-electron chi connectivity index (χ2n) is 5.64. The van der Waals surface area contributed by atoms with Gasteiger partial charge in [-0.3, -0.25) is 4.79 Å². The van der Waals surface area contributed by atoms with E-state index in [9.17, 15) is 4.79 Å². The SMILES string of the molecule is CC.Cc1nc(C(C)C)c2c(n1)N1CCCOCC1C(=O)N2. The molecule has 0 saturated carbocycles. The second kappa shape index (κ2) is 7.05. The summed E-state index contributed by atoms with van der Waals surface area (Å²) in [7, 11) is 0. The predicted octanol–water partition coefficient (Wildman–Crippen LogP) is 2.48. The number of nitrogens with one attached hydrogen (secondary N) is 1. The molecule has 0 bridgehead atoms. The van der Waals surface area contributed by atoms with E-state index < -0.39 is 0 Å². The minimum absolute atomic E-state index is 0.0197. The Morgan fingerprint density at radius 1 is 1.32 bits per heavy atom. The van der Waals surface area contributed by atoms with E-state index in [2.05, 4.69) is 34.0 Å². The number of amides is 1. The molecule has 22 heavy (non-hydrogen) atoms. The molecule has 1 atom stereocenters. The maximum atomic E-state index is 12.3. The zero-order valence-corrected chi connectivity index (χ0v) is 14.1. The number of rotatable bonds is 1. The molecule has 1 unspecified atom stereocenters. The Bertz CT molecular complexity index is 545. The first-order valence-corrected chi connectivity index (χ1v) is 8.11. The highest BCUT2D eigenvalue weighted by molar-refractivity contribution is 6.03. The van der Waals surface area contributed by atoms with Crippen LogP contribution in [0.4, 0.5) is 11.5 Å². The first-order valence-electron chi connectivity index (χ1n) is 8.11. The number of hydrogen-bond acceptors (Lipinski definition) is 5. The van der Waals surface area contributed by atoms with Gasteiger partial charge in [0.15, 0.2) is 5.82 Å². The van der Waals surface area contributed by atoms with Crippen LogP contribution >= 0.6 is 0 Å². The third-order valence-corrected chi connectivity index (χ3v) is 3.74. The molecule has 122 valence electrons. The Labute approximate surface area is 132 Å². The summed E-state index contributed by atoms with van der Waals surface area (Å²) in [6.07, 6.45) is 0.906. The van der Waals surface area contributed by atoms with E-state index in [-0.39, 0.29) is 17.9 Å². The van der Waals surface area contributed by atoms with E-state index in [4.69, 9.17) is 4.74 Å². The van der Waals surface area contributed by atoms with Gasteiger partial charge in [0, 0.05) is 13.2 Å². The van der Waals surface area contributed by atoms with Gasteiger partial charge in [-0.25, -0.2) is 9.97 Å². The van der Waals surface area contributed by atoms with E-state index in [1.807, 2.05) is 20.8 Å². The Hall–Kier alpha value is -1.69. The largest absolute Gasteiger partial charge is 0.379 e. The molecule has 1 aromatic rings. The Morgan fingerprint density at radius 2 is 2.05 bits per heavy atom. The molecule has 6 nitrogen and oxygen atoms in total. The van der Waals surface area contributed by atoms with Gasteiger partial charge in [0.1, 0.15) is 17.6 Å². The molecule has 3 heterocycles. The summed E-state index contributed by atoms with van der Waals surface area (Å²) < 4.78 is 5.51. The van der Waals surface area contributed by atoms with Crippen LogP contribution in [0.1, 0.15) is 51.6 Å². The van der Waals surface area contributed by atoms with Crippen LogP contribution in [0.15, 0.2) is 0 Å². The zero-order chi connectivity index (χ0) is 16.3. The first kappa shape index (κ1) is 16.7. The third kappa shape index (κ3) is 3.06. The smallest absolute Gasteiger partial charge is 0.249 e. The number of aromatic nitrogens is 2. The lowest BCUT2D eigenvalue weighted by molar-refractivity contribution is -0.118. The minimum atomic E-state index is -0.278. The predicted molar refractivity (Wildman–Crippen MR) is 87.4 cm³/mol. The minimum Gasteiger partial charge on any atom is -0.379 e. The molecule has 1 amide bonds. The summed E-state index contributed by atoms with van der Waals surface area (Å²) in [5.41, 5.74) is 1.68. The fraction of sp³-hybridized carbons (Fsp3) is 0.688. The summed E-state index contributed by atoms with van der Waals surface area (Å²) in [6, 6.07) is -0.278. The topological polar surface area (TPSA) is 67.3 Å². The van der Waals surface area contributed by atoms with Gasteiger partial charge in [-0.05, 0) is 19.3 Å². The Kier molecular flexibility index (Phi) is 5.34. The second-order valence-corrected chi connectivity index (χ2v) is 5.64. The van der Waals surface area contributed by atoms with E-state index in [1.165, 1.54) is 0 Å². The lowest BCUT2D eigenvalue weighted by atomic mass is 10.0. The summed E-state index contributed by atoms with van der Waals surface area (Å²) in [4.78, 5) is 23.4. The van der Waals surface area contributed by atoms with Crippen molar-refractivity contribution in [2.24, 2.45) is 0 Å². The van der Waals surface area contributed by atoms with Gasteiger partial charge in [0.25, 0.3) is 0 Å². The van der Waals surface area contributed by atoms with Gasteiger partial charge >= 0.3 is 0 Å². The molecule has 0 aromatic carbocycles. The molecule has 1 aromatic heterocycles. The van der Waals surface area contributed by atoms with Crippen molar-refractivity contribution in [1.29, 1.82) is 0 Å². The molecule has 2 aliphatic rings. The van der Waals surface area contributed by atoms with Crippen LogP contribution in [0.3, 0.4) is 0 Å². The standard InChI is InChI=1S/C14H20N4O2.C2H6/c1-8(2)11-12-13(16-9(3)15-11)18-5-4-6-20-7-10(18)14(19)17-12;1-2/h8,10H,4-7H2,1-3H3,(H,17,19);1-2H3. The Morgan fingerprint density at radius 3 is 2.73 bits per heavy atom. The molecule has 0 spiro atoms. The molecule has 1 N–H and O–H groups in total. The van der Waals surface area contributed by atoms with Gasteiger partial charge < -0.3 is 15.0 Å². The fourth-order valence-electron chi connectivity index (χ4n) is 2.78. The molecule has 3 rings (SSSR count). The van der Waals surface area contributed by atoms with Crippen molar-refractivity contribution in [1.82, 2.24) is 9.97 Å². The number of fused-ring (bicyclic) bond motifs is 3. The number of nitrogens with zero attached hydrogens (tertiary/aromatic N) is 3. The van der Waals surface area contributed by atoms with E-state index in [0.29, 0.717) is 13.2 Å². The number of hydrogen-bond donors (Lipinski definition) is 1. The number of carbonyl (C=O) groups is 1. The number of anilines is 2. The van der Waals surface area contributed by atoms with E-state index in [0.717, 1.165) is 36.0 Å². The number of aryl methyl sites for hydroxylation is 1. The molecule has 1 saturated heterocycles. The highest BCUT2D eigenvalue weighted by atomic mass is 16.5. The van der Waals surface area contributed by atoms with Crippen molar-refractivity contribution in [2.45, 2.75) is 53.0 Å². The molecule has 2 aliphatic heterocycles. The number of ether oxygens (including phenoxy) is 1. The highest BCUT2D eigenvalue weighted by Gasteiger charge is 2.37. The highest BCUT2D eigenvalue weighted by Crippen LogP contribution is 2.36. The van der Waals surface area contributed by atoms with Gasteiger partial charge in [-0.1, -0.05) is 27.7 Å². The van der Waals surface area contributed by atoms with Crippen LogP contribution in [0, 0.1) is 6.92 Å². The van der Waals surface area contributed by atoms with E-state index in [1.54, 1.807) is 0 Å². The molecule has 0 aliphatic carbocycles. The molecular weight excluding hydrogens is 280 g/mol. The Balaban J connectivity index is 0.000000847. The van der Waals surface area contributed by atoms with Crippen LogP contribution in [-0.4, -0.2) is 41.7 Å². The summed E-state index contributed by atoms with van der Waals surface area (Å²) in [5, 5.41) is 2.98. The first-order chi connectivity index (χ1) is 10.6. The molecule has 0 radical (unpaired) electrons. The lowest BCUT2D eigenvalue weighted by Crippen LogP contribution is -2.50. The lowest BCUT2D eigenvalue weighted by Gasteiger charge is -2.36. The summed E-state index contributed by atoms with van der Waals surface area (Å²) >= 11 is 0. The van der Waals surface area contributed by atoms with Crippen LogP contribution < -0.4 is 10.2 Å². The normalized spacial score (nSPS) is 20.4. The van der Waals surface area contributed by atoms with Crippen LogP contribution in [0.2, 0.25) is 0 Å². The molecule has 1 fully saturated rings. The van der Waals surface area contributed by atoms with Crippen molar-refractivity contribution < 1.29 is 9.53 Å². The van der Waals surface area contributed by atoms with E-state index >= 15 is 0 Å². The summed E-state index contributed by atoms with van der Waals surface area (Å²) in [5.74, 6) is 1.81. The van der Waals surface area contributed by atoms with Gasteiger partial charge in [0.05, 0.1) is 12.3 Å². The van der Waals surface area contributed by atoms with Crippen molar-refractivity contribution in [3.8, 4) is 0 Å². The monoisotopic (exact) mass is 306 g/mol. The van der Waals surface area contributed by atoms with Crippen LogP contribution in [0.25, 0.3) is 0 Å². The maximum Gasteiger partial charge on any atom is 0.249 e. The van der Waals surface area contributed by atoms with Crippen molar-refractivity contribution in [3.63, 3.8) is 0 Å². The quantitative estimate of drug-likeness (QED) is 0.863. The van der Waals surface area contributed by atoms with Crippen LogP contribution in [-0.2, 0) is 9.53 Å². The number of carbonyl (C=O) groups excluding carboxylic acids is 1. The van der Waals surface area contributed by atoms with Gasteiger partial charge in [0.2, 0.25) is 5.91 Å². The van der Waals surface area contributed by atoms with Gasteiger partial charge in [-0.15, -0.1) is 0 Å². The maximum absolute atomic E-state index is 12.3. The summed E-state index contributed by atoms with van der Waals surface area (Å²) in [6.45, 7) is 11.9. The average Bonchev–Trinajstić information content (AvgIpc) is 2.76.